The Morgan fingerprint density at radius 3 is 2.75 bits per heavy atom. The van der Waals surface area contributed by atoms with E-state index in [1.165, 1.54) is 0 Å². The summed E-state index contributed by atoms with van der Waals surface area (Å²) in [5.74, 6) is -0.355. The molecule has 1 saturated heterocycles. The minimum Gasteiger partial charge on any atom is -0.376 e. The van der Waals surface area contributed by atoms with E-state index >= 15 is 0 Å². The molecule has 0 saturated carbocycles. The fourth-order valence-corrected chi connectivity index (χ4v) is 1.95. The van der Waals surface area contributed by atoms with Crippen LogP contribution >= 0.6 is 7.82 Å². The van der Waals surface area contributed by atoms with Crippen molar-refractivity contribution in [1.82, 2.24) is 5.32 Å². The SMILES string of the molecule is NC(=O)C1=CNC=CC1.O=P(O)(O)OC[C@@H]1CCCO1. The maximum Gasteiger partial charge on any atom is 0.469 e. The molecule has 0 aliphatic carbocycles. The molecule has 5 N–H and O–H groups in total. The molecule has 2 rings (SSSR count). The molecule has 8 nitrogen and oxygen atoms in total. The molecule has 20 heavy (non-hydrogen) atoms. The van der Waals surface area contributed by atoms with Gasteiger partial charge in [0.25, 0.3) is 0 Å². The van der Waals surface area contributed by atoms with Gasteiger partial charge in [-0.05, 0) is 25.5 Å². The van der Waals surface area contributed by atoms with Crippen molar-refractivity contribution in [3.8, 4) is 0 Å². The van der Waals surface area contributed by atoms with Crippen molar-refractivity contribution in [2.75, 3.05) is 13.2 Å². The minimum atomic E-state index is -4.30. The van der Waals surface area contributed by atoms with Crippen LogP contribution in [0.2, 0.25) is 0 Å². The zero-order valence-corrected chi connectivity index (χ0v) is 11.8. The summed E-state index contributed by atoms with van der Waals surface area (Å²) >= 11 is 0. The van der Waals surface area contributed by atoms with Crippen LogP contribution in [0.25, 0.3) is 0 Å². The summed E-state index contributed by atoms with van der Waals surface area (Å²) in [6, 6.07) is 0. The van der Waals surface area contributed by atoms with Crippen molar-refractivity contribution in [2.24, 2.45) is 5.73 Å². The lowest BCUT2D eigenvalue weighted by molar-refractivity contribution is -0.114. The number of amides is 1. The van der Waals surface area contributed by atoms with Crippen LogP contribution in [0.4, 0.5) is 0 Å². The second-order valence-corrected chi connectivity index (χ2v) is 5.47. The number of rotatable bonds is 4. The van der Waals surface area contributed by atoms with E-state index in [2.05, 4.69) is 9.84 Å². The van der Waals surface area contributed by atoms with Gasteiger partial charge in [-0.1, -0.05) is 6.08 Å². The van der Waals surface area contributed by atoms with Crippen LogP contribution in [0.3, 0.4) is 0 Å². The smallest absolute Gasteiger partial charge is 0.376 e. The van der Waals surface area contributed by atoms with Gasteiger partial charge in [0.15, 0.2) is 0 Å². The number of nitrogens with one attached hydrogen (secondary N) is 1. The molecule has 0 radical (unpaired) electrons. The predicted molar refractivity (Wildman–Crippen MR) is 71.1 cm³/mol. The molecule has 1 atom stereocenters. The van der Waals surface area contributed by atoms with Crippen LogP contribution in [0.5, 0.6) is 0 Å². The zero-order valence-electron chi connectivity index (χ0n) is 10.9. The summed E-state index contributed by atoms with van der Waals surface area (Å²) in [5.41, 5.74) is 5.61. The molecule has 0 aromatic heterocycles. The Labute approximate surface area is 116 Å². The average molecular weight is 306 g/mol. The first-order valence-electron chi connectivity index (χ1n) is 6.10. The van der Waals surface area contributed by atoms with Crippen LogP contribution in [0.1, 0.15) is 19.3 Å². The largest absolute Gasteiger partial charge is 0.469 e. The van der Waals surface area contributed by atoms with Gasteiger partial charge in [0.2, 0.25) is 5.91 Å². The highest BCUT2D eigenvalue weighted by Gasteiger charge is 2.21. The van der Waals surface area contributed by atoms with Crippen molar-refractivity contribution in [3.05, 3.63) is 24.0 Å². The standard InChI is InChI=1S/C6H8N2O.C5H11O5P/c7-6(9)5-2-1-3-8-4-5;6-11(7,8)10-4-5-2-1-3-9-5/h1,3-4,8H,2H2,(H2,7,9);5H,1-4H2,(H2,6,7,8)/t;5-/m.0/s1. The lowest BCUT2D eigenvalue weighted by Crippen LogP contribution is -2.17. The molecule has 0 unspecified atom stereocenters. The van der Waals surface area contributed by atoms with Crippen LogP contribution in [-0.4, -0.2) is 35.0 Å². The number of hydrogen-bond acceptors (Lipinski definition) is 5. The van der Waals surface area contributed by atoms with E-state index in [9.17, 15) is 9.36 Å². The molecular formula is C11H19N2O6P. The molecule has 0 spiro atoms. The fourth-order valence-electron chi connectivity index (χ4n) is 1.59. The average Bonchev–Trinajstić information content (AvgIpc) is 2.90. The molecule has 2 aliphatic heterocycles. The highest BCUT2D eigenvalue weighted by atomic mass is 31.2. The van der Waals surface area contributed by atoms with Crippen molar-refractivity contribution in [1.29, 1.82) is 0 Å². The van der Waals surface area contributed by atoms with E-state index in [0.717, 1.165) is 12.8 Å². The summed E-state index contributed by atoms with van der Waals surface area (Å²) in [6.07, 6.45) is 7.49. The Morgan fingerprint density at radius 1 is 1.60 bits per heavy atom. The third-order valence-corrected chi connectivity index (χ3v) is 3.06. The van der Waals surface area contributed by atoms with E-state index in [1.807, 2.05) is 6.08 Å². The number of phosphoric acid groups is 1. The third kappa shape index (κ3) is 7.42. The van der Waals surface area contributed by atoms with E-state index < -0.39 is 7.82 Å². The molecule has 0 aromatic carbocycles. The second-order valence-electron chi connectivity index (χ2n) is 4.23. The van der Waals surface area contributed by atoms with E-state index in [0.29, 0.717) is 18.6 Å². The number of dihydropyridines is 1. The fraction of sp³-hybridized carbons (Fsp3) is 0.545. The Hall–Kier alpha value is -1.18. The molecule has 0 aromatic rings. The van der Waals surface area contributed by atoms with Crippen molar-refractivity contribution in [3.63, 3.8) is 0 Å². The molecule has 9 heteroatoms. The summed E-state index contributed by atoms with van der Waals surface area (Å²) < 4.78 is 19.5. The van der Waals surface area contributed by atoms with Gasteiger partial charge in [-0.15, -0.1) is 0 Å². The number of carbonyl (C=O) groups excluding carboxylic acids is 1. The van der Waals surface area contributed by atoms with Crippen molar-refractivity contribution < 1.29 is 28.4 Å². The van der Waals surface area contributed by atoms with Gasteiger partial charge >= 0.3 is 7.82 Å². The van der Waals surface area contributed by atoms with Crippen LogP contribution in [0, 0.1) is 0 Å². The lowest BCUT2D eigenvalue weighted by Gasteiger charge is -2.09. The lowest BCUT2D eigenvalue weighted by atomic mass is 10.2. The molecule has 2 heterocycles. The molecule has 1 fully saturated rings. The van der Waals surface area contributed by atoms with E-state index in [1.54, 1.807) is 12.4 Å². The number of phosphoric ester groups is 1. The first kappa shape index (κ1) is 16.9. The van der Waals surface area contributed by atoms with Gasteiger partial charge in [0.1, 0.15) is 0 Å². The topological polar surface area (TPSA) is 131 Å². The zero-order chi connectivity index (χ0) is 15.0. The Morgan fingerprint density at radius 2 is 2.35 bits per heavy atom. The first-order valence-corrected chi connectivity index (χ1v) is 7.63. The first-order chi connectivity index (χ1) is 9.38. The van der Waals surface area contributed by atoms with Gasteiger partial charge in [-0.3, -0.25) is 9.32 Å². The maximum atomic E-state index is 10.4. The summed E-state index contributed by atoms with van der Waals surface area (Å²) in [5, 5.41) is 2.77. The second kappa shape index (κ2) is 8.18. The Balaban J connectivity index is 0.000000204. The van der Waals surface area contributed by atoms with Crippen molar-refractivity contribution in [2.45, 2.75) is 25.4 Å². The Bertz CT molecular complexity index is 425. The number of carbonyl (C=O) groups is 1. The number of nitrogens with two attached hydrogens (primary N) is 1. The van der Waals surface area contributed by atoms with Gasteiger partial charge in [0, 0.05) is 18.4 Å². The quantitative estimate of drug-likeness (QED) is 0.543. The van der Waals surface area contributed by atoms with Gasteiger partial charge in [0.05, 0.1) is 12.7 Å². The van der Waals surface area contributed by atoms with E-state index in [-0.39, 0.29) is 18.6 Å². The van der Waals surface area contributed by atoms with E-state index in [4.69, 9.17) is 20.3 Å². The van der Waals surface area contributed by atoms with Gasteiger partial charge < -0.3 is 25.6 Å². The van der Waals surface area contributed by atoms with Crippen LogP contribution in [-0.2, 0) is 18.6 Å². The maximum absolute atomic E-state index is 10.4. The molecular weight excluding hydrogens is 287 g/mol. The van der Waals surface area contributed by atoms with Crippen LogP contribution < -0.4 is 11.1 Å². The summed E-state index contributed by atoms with van der Waals surface area (Å²) in [4.78, 5) is 27.1. The predicted octanol–water partition coefficient (Wildman–Crippen LogP) is 0.137. The number of primary amides is 1. The highest BCUT2D eigenvalue weighted by Crippen LogP contribution is 2.36. The molecule has 114 valence electrons. The monoisotopic (exact) mass is 306 g/mol. The molecule has 0 bridgehead atoms. The Kier molecular flexibility index (Phi) is 6.90. The van der Waals surface area contributed by atoms with Crippen LogP contribution in [0.15, 0.2) is 24.0 Å². The number of ether oxygens (including phenoxy) is 1. The normalized spacial score (nSPS) is 21.5. The third-order valence-electron chi connectivity index (χ3n) is 2.58. The molecule has 2 aliphatic rings. The number of allylic oxidation sites excluding steroid dienone is 1. The summed E-state index contributed by atoms with van der Waals surface area (Å²) in [7, 11) is -4.30. The number of hydrogen-bond donors (Lipinski definition) is 4. The highest BCUT2D eigenvalue weighted by molar-refractivity contribution is 7.46. The minimum absolute atomic E-state index is 0.00965. The molecule has 1 amide bonds. The van der Waals surface area contributed by atoms with Gasteiger partial charge in [-0.2, -0.15) is 0 Å². The van der Waals surface area contributed by atoms with Gasteiger partial charge in [-0.25, -0.2) is 4.57 Å². The van der Waals surface area contributed by atoms with Crippen molar-refractivity contribution >= 4 is 13.7 Å². The summed E-state index contributed by atoms with van der Waals surface area (Å²) in [6.45, 7) is 0.652.